The number of aliphatic hydroxyl groups is 1. The maximum Gasteiger partial charge on any atom is 0.220 e. The van der Waals surface area contributed by atoms with Gasteiger partial charge in [0.2, 0.25) is 5.91 Å². The minimum Gasteiger partial charge on any atom is -0.508 e. The Morgan fingerprint density at radius 2 is 2.05 bits per heavy atom. The van der Waals surface area contributed by atoms with Gasteiger partial charge in [0.1, 0.15) is 17.1 Å². The zero-order valence-electron chi connectivity index (χ0n) is 11.9. The van der Waals surface area contributed by atoms with Crippen LogP contribution in [0.4, 0.5) is 0 Å². The Labute approximate surface area is 123 Å². The summed E-state index contributed by atoms with van der Waals surface area (Å²) in [7, 11) is 0. The lowest BCUT2D eigenvalue weighted by Crippen LogP contribution is -2.38. The highest BCUT2D eigenvalue weighted by molar-refractivity contribution is 5.76. The predicted octanol–water partition coefficient (Wildman–Crippen LogP) is 1.94. The van der Waals surface area contributed by atoms with Crippen LogP contribution in [0.1, 0.15) is 24.7 Å². The van der Waals surface area contributed by atoms with Crippen molar-refractivity contribution in [3.05, 3.63) is 54.0 Å². The molecule has 1 aromatic heterocycles. The molecule has 0 spiro atoms. The number of hydrogen-bond donors (Lipinski definition) is 3. The van der Waals surface area contributed by atoms with Gasteiger partial charge in [-0.1, -0.05) is 18.2 Å². The second-order valence-corrected chi connectivity index (χ2v) is 5.16. The van der Waals surface area contributed by atoms with Gasteiger partial charge in [-0.15, -0.1) is 0 Å². The van der Waals surface area contributed by atoms with Gasteiger partial charge in [0.15, 0.2) is 0 Å². The molecule has 2 rings (SSSR count). The van der Waals surface area contributed by atoms with Gasteiger partial charge in [-0.05, 0) is 37.1 Å². The standard InChI is InChI=1S/C16H19NO4/c1-16(20,14-7-4-10-21-14)11-17-15(19)9-8-12-5-2-3-6-13(12)18/h2-7,10,18,20H,8-9,11H2,1H3,(H,17,19). The van der Waals surface area contributed by atoms with Crippen LogP contribution in [0.2, 0.25) is 0 Å². The fourth-order valence-corrected chi connectivity index (χ4v) is 2.00. The second kappa shape index (κ2) is 6.45. The van der Waals surface area contributed by atoms with Gasteiger partial charge in [0.25, 0.3) is 0 Å². The van der Waals surface area contributed by atoms with Gasteiger partial charge in [-0.25, -0.2) is 0 Å². The molecule has 0 radical (unpaired) electrons. The fourth-order valence-electron chi connectivity index (χ4n) is 2.00. The van der Waals surface area contributed by atoms with Crippen LogP contribution in [0.5, 0.6) is 5.75 Å². The molecule has 112 valence electrons. The highest BCUT2D eigenvalue weighted by atomic mass is 16.4. The summed E-state index contributed by atoms with van der Waals surface area (Å²) in [6, 6.07) is 10.3. The van der Waals surface area contributed by atoms with E-state index in [9.17, 15) is 15.0 Å². The smallest absolute Gasteiger partial charge is 0.220 e. The highest BCUT2D eigenvalue weighted by Crippen LogP contribution is 2.20. The molecule has 0 aliphatic heterocycles. The summed E-state index contributed by atoms with van der Waals surface area (Å²) in [5.41, 5.74) is -0.515. The van der Waals surface area contributed by atoms with Gasteiger partial charge in [-0.3, -0.25) is 4.79 Å². The second-order valence-electron chi connectivity index (χ2n) is 5.16. The average molecular weight is 289 g/mol. The van der Waals surface area contributed by atoms with E-state index in [1.807, 2.05) is 6.07 Å². The molecular formula is C16H19NO4. The molecular weight excluding hydrogens is 270 g/mol. The monoisotopic (exact) mass is 289 g/mol. The first kappa shape index (κ1) is 15.1. The van der Waals surface area contributed by atoms with Gasteiger partial charge < -0.3 is 19.9 Å². The molecule has 5 heteroatoms. The molecule has 5 nitrogen and oxygen atoms in total. The molecule has 21 heavy (non-hydrogen) atoms. The Kier molecular flexibility index (Phi) is 4.65. The van der Waals surface area contributed by atoms with Crippen LogP contribution in [0.15, 0.2) is 47.1 Å². The number of para-hydroxylation sites is 1. The lowest BCUT2D eigenvalue weighted by Gasteiger charge is -2.21. The summed E-state index contributed by atoms with van der Waals surface area (Å²) in [6.07, 6.45) is 2.16. The average Bonchev–Trinajstić information content (AvgIpc) is 2.99. The molecule has 1 heterocycles. The van der Waals surface area contributed by atoms with Crippen LogP contribution in [0.3, 0.4) is 0 Å². The minimum absolute atomic E-state index is 0.0696. The number of furan rings is 1. The van der Waals surface area contributed by atoms with Crippen molar-refractivity contribution in [3.8, 4) is 5.75 Å². The number of aromatic hydroxyl groups is 1. The van der Waals surface area contributed by atoms with Gasteiger partial charge in [0, 0.05) is 6.42 Å². The Hall–Kier alpha value is -2.27. The van der Waals surface area contributed by atoms with Crippen molar-refractivity contribution in [2.45, 2.75) is 25.4 Å². The van der Waals surface area contributed by atoms with Crippen molar-refractivity contribution >= 4 is 5.91 Å². The topological polar surface area (TPSA) is 82.7 Å². The number of benzene rings is 1. The van der Waals surface area contributed by atoms with Crippen molar-refractivity contribution in [2.75, 3.05) is 6.54 Å². The van der Waals surface area contributed by atoms with Crippen molar-refractivity contribution < 1.29 is 19.4 Å². The number of carbonyl (C=O) groups excluding carboxylic acids is 1. The number of amides is 1. The van der Waals surface area contributed by atoms with Crippen LogP contribution >= 0.6 is 0 Å². The fraction of sp³-hybridized carbons (Fsp3) is 0.312. The van der Waals surface area contributed by atoms with Crippen LogP contribution in [0.25, 0.3) is 0 Å². The lowest BCUT2D eigenvalue weighted by molar-refractivity contribution is -0.122. The molecule has 0 bridgehead atoms. The quantitative estimate of drug-likeness (QED) is 0.759. The molecule has 1 unspecified atom stereocenters. The van der Waals surface area contributed by atoms with Crippen molar-refractivity contribution in [1.82, 2.24) is 5.32 Å². The number of nitrogens with one attached hydrogen (secondary N) is 1. The molecule has 3 N–H and O–H groups in total. The zero-order valence-corrected chi connectivity index (χ0v) is 11.9. The predicted molar refractivity (Wildman–Crippen MR) is 77.7 cm³/mol. The van der Waals surface area contributed by atoms with E-state index in [1.165, 1.54) is 6.26 Å². The SMILES string of the molecule is CC(O)(CNC(=O)CCc1ccccc1O)c1ccco1. The first-order chi connectivity index (χ1) is 9.99. The summed E-state index contributed by atoms with van der Waals surface area (Å²) < 4.78 is 5.14. The summed E-state index contributed by atoms with van der Waals surface area (Å²) in [6.45, 7) is 1.65. The number of hydrogen-bond acceptors (Lipinski definition) is 4. The molecule has 2 aromatic rings. The van der Waals surface area contributed by atoms with E-state index in [-0.39, 0.29) is 24.6 Å². The number of carbonyl (C=O) groups is 1. The number of phenolic OH excluding ortho intramolecular Hbond substituents is 1. The maximum absolute atomic E-state index is 11.8. The van der Waals surface area contributed by atoms with Crippen molar-refractivity contribution in [1.29, 1.82) is 0 Å². The van der Waals surface area contributed by atoms with E-state index in [0.717, 1.165) is 5.56 Å². The van der Waals surface area contributed by atoms with E-state index in [4.69, 9.17) is 4.42 Å². The van der Waals surface area contributed by atoms with Crippen LogP contribution in [-0.4, -0.2) is 22.7 Å². The Morgan fingerprint density at radius 3 is 2.71 bits per heavy atom. The minimum atomic E-state index is -1.24. The summed E-state index contributed by atoms with van der Waals surface area (Å²) in [5, 5.41) is 22.5. The summed E-state index contributed by atoms with van der Waals surface area (Å²) in [5.74, 6) is 0.404. The molecule has 1 aromatic carbocycles. The van der Waals surface area contributed by atoms with Gasteiger partial charge in [0.05, 0.1) is 12.8 Å². The highest BCUT2D eigenvalue weighted by Gasteiger charge is 2.26. The Balaban J connectivity index is 1.82. The largest absolute Gasteiger partial charge is 0.508 e. The van der Waals surface area contributed by atoms with Crippen molar-refractivity contribution in [2.24, 2.45) is 0 Å². The molecule has 0 saturated heterocycles. The molecule has 0 aliphatic rings. The van der Waals surface area contributed by atoms with E-state index in [2.05, 4.69) is 5.32 Å². The molecule has 0 saturated carbocycles. The van der Waals surface area contributed by atoms with Gasteiger partial charge >= 0.3 is 0 Å². The van der Waals surface area contributed by atoms with Gasteiger partial charge in [-0.2, -0.15) is 0 Å². The lowest BCUT2D eigenvalue weighted by atomic mass is 10.0. The maximum atomic E-state index is 11.8. The summed E-state index contributed by atoms with van der Waals surface area (Å²) >= 11 is 0. The van der Waals surface area contributed by atoms with E-state index < -0.39 is 5.60 Å². The third-order valence-corrected chi connectivity index (χ3v) is 3.29. The van der Waals surface area contributed by atoms with Crippen LogP contribution in [-0.2, 0) is 16.8 Å². The number of rotatable bonds is 6. The van der Waals surface area contributed by atoms with Crippen LogP contribution in [0, 0.1) is 0 Å². The Bertz CT molecular complexity index is 590. The zero-order chi connectivity index (χ0) is 15.3. The number of phenols is 1. The molecule has 0 aliphatic carbocycles. The first-order valence-electron chi connectivity index (χ1n) is 6.79. The molecule has 1 amide bonds. The first-order valence-corrected chi connectivity index (χ1v) is 6.79. The third-order valence-electron chi connectivity index (χ3n) is 3.29. The Morgan fingerprint density at radius 1 is 1.29 bits per heavy atom. The van der Waals surface area contributed by atoms with E-state index in [1.54, 1.807) is 37.3 Å². The third kappa shape index (κ3) is 4.10. The van der Waals surface area contributed by atoms with E-state index >= 15 is 0 Å². The van der Waals surface area contributed by atoms with Crippen molar-refractivity contribution in [3.63, 3.8) is 0 Å². The number of aryl methyl sites for hydroxylation is 1. The molecule has 0 fully saturated rings. The summed E-state index contributed by atoms with van der Waals surface area (Å²) in [4.78, 5) is 11.8. The molecule has 1 atom stereocenters. The normalized spacial score (nSPS) is 13.6. The van der Waals surface area contributed by atoms with Crippen LogP contribution < -0.4 is 5.32 Å². The van der Waals surface area contributed by atoms with E-state index in [0.29, 0.717) is 12.2 Å².